The van der Waals surface area contributed by atoms with E-state index in [0.717, 1.165) is 42.8 Å². The standard InChI is InChI=1S/C20H21N5O3/c1-12-10-13(2)25-19(21-12)23-17(24-25)18(26)22-14-6-7-15-16(11-14)28-20(27-15)8-4-3-5-9-20/h6-7,10-11H,3-5,8-9H2,1-2H3,(H,22,26). The van der Waals surface area contributed by atoms with E-state index >= 15 is 0 Å². The Bertz CT molecular complexity index is 1080. The summed E-state index contributed by atoms with van der Waals surface area (Å²) in [7, 11) is 0. The number of carbonyl (C=O) groups is 1. The minimum Gasteiger partial charge on any atom is -0.448 e. The van der Waals surface area contributed by atoms with Crippen LogP contribution in [-0.2, 0) is 0 Å². The fourth-order valence-electron chi connectivity index (χ4n) is 3.92. The number of hydrogen-bond donors (Lipinski definition) is 1. The van der Waals surface area contributed by atoms with Crippen LogP contribution in [0.1, 0.15) is 54.1 Å². The lowest BCUT2D eigenvalue weighted by Gasteiger charge is -2.31. The highest BCUT2D eigenvalue weighted by molar-refractivity contribution is 6.02. The minimum absolute atomic E-state index is 0.0719. The fourth-order valence-corrected chi connectivity index (χ4v) is 3.92. The van der Waals surface area contributed by atoms with E-state index in [1.807, 2.05) is 26.0 Å². The predicted molar refractivity (Wildman–Crippen MR) is 102 cm³/mol. The highest BCUT2D eigenvalue weighted by Crippen LogP contribution is 2.46. The largest absolute Gasteiger partial charge is 0.448 e. The van der Waals surface area contributed by atoms with Crippen LogP contribution in [0.5, 0.6) is 11.5 Å². The number of carbonyl (C=O) groups excluding carboxylic acids is 1. The predicted octanol–water partition coefficient (Wildman–Crippen LogP) is 3.43. The van der Waals surface area contributed by atoms with Crippen LogP contribution in [0, 0.1) is 13.8 Å². The van der Waals surface area contributed by atoms with Crippen molar-refractivity contribution in [1.82, 2.24) is 19.6 Å². The fraction of sp³-hybridized carbons (Fsp3) is 0.400. The second-order valence-corrected chi connectivity index (χ2v) is 7.48. The summed E-state index contributed by atoms with van der Waals surface area (Å²) in [5.74, 6) is 0.939. The van der Waals surface area contributed by atoms with E-state index in [4.69, 9.17) is 9.47 Å². The molecule has 1 spiro atoms. The van der Waals surface area contributed by atoms with Crippen molar-refractivity contribution < 1.29 is 14.3 Å². The van der Waals surface area contributed by atoms with Gasteiger partial charge in [0.2, 0.25) is 5.82 Å². The lowest BCUT2D eigenvalue weighted by atomic mass is 9.94. The zero-order valence-electron chi connectivity index (χ0n) is 15.9. The number of nitrogens with one attached hydrogen (secondary N) is 1. The number of amides is 1. The Morgan fingerprint density at radius 3 is 2.68 bits per heavy atom. The number of rotatable bonds is 2. The molecule has 1 amide bonds. The number of benzene rings is 1. The van der Waals surface area contributed by atoms with Crippen LogP contribution in [0.25, 0.3) is 5.78 Å². The molecule has 3 aromatic rings. The number of aromatic nitrogens is 4. The third-order valence-electron chi connectivity index (χ3n) is 5.23. The zero-order valence-corrected chi connectivity index (χ0v) is 15.9. The molecule has 1 fully saturated rings. The molecule has 1 aliphatic heterocycles. The Labute approximate surface area is 161 Å². The van der Waals surface area contributed by atoms with Gasteiger partial charge in [0.1, 0.15) is 0 Å². The van der Waals surface area contributed by atoms with Gasteiger partial charge >= 0.3 is 0 Å². The van der Waals surface area contributed by atoms with Crippen molar-refractivity contribution in [3.05, 3.63) is 41.5 Å². The maximum absolute atomic E-state index is 12.6. The third kappa shape index (κ3) is 2.85. The summed E-state index contributed by atoms with van der Waals surface area (Å²) in [6, 6.07) is 7.31. The molecule has 1 aliphatic carbocycles. The molecule has 0 unspecified atom stereocenters. The van der Waals surface area contributed by atoms with Crippen LogP contribution in [0.3, 0.4) is 0 Å². The molecule has 1 saturated carbocycles. The third-order valence-corrected chi connectivity index (χ3v) is 5.23. The topological polar surface area (TPSA) is 90.6 Å². The number of anilines is 1. The maximum Gasteiger partial charge on any atom is 0.295 e. The van der Waals surface area contributed by atoms with E-state index in [2.05, 4.69) is 20.4 Å². The second kappa shape index (κ2) is 6.19. The van der Waals surface area contributed by atoms with Crippen molar-refractivity contribution in [3.8, 4) is 11.5 Å². The number of hydrogen-bond acceptors (Lipinski definition) is 6. The normalized spacial score (nSPS) is 17.2. The Morgan fingerprint density at radius 1 is 1.07 bits per heavy atom. The first-order valence-electron chi connectivity index (χ1n) is 9.56. The van der Waals surface area contributed by atoms with E-state index in [1.54, 1.807) is 16.6 Å². The first-order valence-corrected chi connectivity index (χ1v) is 9.56. The summed E-state index contributed by atoms with van der Waals surface area (Å²) in [5, 5.41) is 7.10. The van der Waals surface area contributed by atoms with Crippen molar-refractivity contribution in [2.24, 2.45) is 0 Å². The summed E-state index contributed by atoms with van der Waals surface area (Å²) in [6.07, 6.45) is 5.20. The lowest BCUT2D eigenvalue weighted by molar-refractivity contribution is -0.105. The Hall–Kier alpha value is -3.16. The average Bonchev–Trinajstić information content (AvgIpc) is 3.23. The molecule has 8 heteroatoms. The Morgan fingerprint density at radius 2 is 1.86 bits per heavy atom. The van der Waals surface area contributed by atoms with Gasteiger partial charge in [-0.25, -0.2) is 9.50 Å². The van der Waals surface area contributed by atoms with Crippen molar-refractivity contribution in [2.45, 2.75) is 51.7 Å². The molecular formula is C20H21N5O3. The van der Waals surface area contributed by atoms with E-state index < -0.39 is 11.7 Å². The molecule has 0 saturated heterocycles. The monoisotopic (exact) mass is 379 g/mol. The Balaban J connectivity index is 1.37. The highest BCUT2D eigenvalue weighted by atomic mass is 16.7. The first-order chi connectivity index (χ1) is 13.5. The van der Waals surface area contributed by atoms with E-state index in [1.165, 1.54) is 6.42 Å². The van der Waals surface area contributed by atoms with Gasteiger partial charge in [0.05, 0.1) is 0 Å². The molecule has 0 bridgehead atoms. The van der Waals surface area contributed by atoms with E-state index in [0.29, 0.717) is 17.2 Å². The van der Waals surface area contributed by atoms with Crippen molar-refractivity contribution in [3.63, 3.8) is 0 Å². The van der Waals surface area contributed by atoms with Crippen LogP contribution in [0.4, 0.5) is 5.69 Å². The molecule has 3 heterocycles. The van der Waals surface area contributed by atoms with Gasteiger partial charge in [0, 0.05) is 36.0 Å². The quantitative estimate of drug-likeness (QED) is 0.734. The van der Waals surface area contributed by atoms with Crippen LogP contribution >= 0.6 is 0 Å². The number of fused-ring (bicyclic) bond motifs is 2. The number of nitrogens with zero attached hydrogens (tertiary/aromatic N) is 4. The summed E-state index contributed by atoms with van der Waals surface area (Å²) in [6.45, 7) is 3.78. The van der Waals surface area contributed by atoms with Gasteiger partial charge in [0.25, 0.3) is 17.5 Å². The van der Waals surface area contributed by atoms with Crippen LogP contribution in [0.15, 0.2) is 24.3 Å². The average molecular weight is 379 g/mol. The van der Waals surface area contributed by atoms with Crippen molar-refractivity contribution >= 4 is 17.4 Å². The molecular weight excluding hydrogens is 358 g/mol. The van der Waals surface area contributed by atoms with Crippen LogP contribution in [-0.4, -0.2) is 31.3 Å². The zero-order chi connectivity index (χ0) is 19.3. The van der Waals surface area contributed by atoms with Gasteiger partial charge in [0.15, 0.2) is 11.5 Å². The maximum atomic E-state index is 12.6. The van der Waals surface area contributed by atoms with Gasteiger partial charge in [-0.05, 0) is 44.9 Å². The first kappa shape index (κ1) is 17.0. The number of ether oxygens (including phenoxy) is 2. The Kier molecular flexibility index (Phi) is 3.75. The molecule has 2 aromatic heterocycles. The molecule has 5 rings (SSSR count). The summed E-state index contributed by atoms with van der Waals surface area (Å²) in [5.41, 5.74) is 2.31. The van der Waals surface area contributed by atoms with Crippen LogP contribution < -0.4 is 14.8 Å². The highest BCUT2D eigenvalue weighted by Gasteiger charge is 2.42. The second-order valence-electron chi connectivity index (χ2n) is 7.48. The molecule has 2 aliphatic rings. The smallest absolute Gasteiger partial charge is 0.295 e. The summed E-state index contributed by atoms with van der Waals surface area (Å²) < 4.78 is 13.8. The lowest BCUT2D eigenvalue weighted by Crippen LogP contribution is -2.40. The SMILES string of the molecule is Cc1cc(C)n2nc(C(=O)Nc3ccc4c(c3)OC3(CCCCC3)O4)nc2n1. The molecule has 8 nitrogen and oxygen atoms in total. The van der Waals surface area contributed by atoms with Crippen LogP contribution in [0.2, 0.25) is 0 Å². The van der Waals surface area contributed by atoms with Gasteiger partial charge < -0.3 is 14.8 Å². The van der Waals surface area contributed by atoms with Gasteiger partial charge in [-0.1, -0.05) is 6.42 Å². The van der Waals surface area contributed by atoms with Crippen molar-refractivity contribution in [1.29, 1.82) is 0 Å². The van der Waals surface area contributed by atoms with E-state index in [9.17, 15) is 4.79 Å². The van der Waals surface area contributed by atoms with E-state index in [-0.39, 0.29) is 5.82 Å². The summed E-state index contributed by atoms with van der Waals surface area (Å²) >= 11 is 0. The molecule has 1 N–H and O–H groups in total. The molecule has 144 valence electrons. The molecule has 0 atom stereocenters. The molecule has 28 heavy (non-hydrogen) atoms. The van der Waals surface area contributed by atoms with Gasteiger partial charge in [-0.15, -0.1) is 5.10 Å². The summed E-state index contributed by atoms with van der Waals surface area (Å²) in [4.78, 5) is 21.2. The minimum atomic E-state index is -0.534. The van der Waals surface area contributed by atoms with Gasteiger partial charge in [-0.3, -0.25) is 4.79 Å². The molecule has 0 radical (unpaired) electrons. The van der Waals surface area contributed by atoms with Gasteiger partial charge in [-0.2, -0.15) is 4.98 Å². The molecule has 1 aromatic carbocycles. The van der Waals surface area contributed by atoms with Crippen molar-refractivity contribution in [2.75, 3.05) is 5.32 Å². The number of aryl methyl sites for hydroxylation is 2.